The van der Waals surface area contributed by atoms with Gasteiger partial charge in [-0.3, -0.25) is 0 Å². The minimum absolute atomic E-state index is 0.309. The Bertz CT molecular complexity index is 573. The van der Waals surface area contributed by atoms with Crippen molar-refractivity contribution in [3.05, 3.63) is 72.0 Å². The van der Waals surface area contributed by atoms with Gasteiger partial charge < -0.3 is 9.80 Å². The van der Waals surface area contributed by atoms with Gasteiger partial charge in [-0.05, 0) is 43.8 Å². The lowest BCUT2D eigenvalue weighted by Crippen LogP contribution is -2.44. The third-order valence-corrected chi connectivity index (χ3v) is 5.00. The van der Waals surface area contributed by atoms with Crippen molar-refractivity contribution < 1.29 is 0 Å². The van der Waals surface area contributed by atoms with Crippen molar-refractivity contribution in [1.82, 2.24) is 9.80 Å². The summed E-state index contributed by atoms with van der Waals surface area (Å²) in [7, 11) is 4.97. The number of allylic oxidation sites excluding steroid dienone is 9. The molecule has 1 aliphatic heterocycles. The molecule has 0 radical (unpaired) electrons. The highest BCUT2D eigenvalue weighted by Gasteiger charge is 2.20. The van der Waals surface area contributed by atoms with Gasteiger partial charge in [-0.2, -0.15) is 0 Å². The second kappa shape index (κ2) is 11.3. The van der Waals surface area contributed by atoms with E-state index in [1.54, 1.807) is 0 Å². The normalized spacial score (nSPS) is 19.0. The second-order valence-electron chi connectivity index (χ2n) is 6.55. The van der Waals surface area contributed by atoms with Crippen molar-refractivity contribution in [2.45, 2.75) is 20.8 Å². The molecule has 1 fully saturated rings. The average Bonchev–Trinajstić information content (AvgIpc) is 2.62. The first-order chi connectivity index (χ1) is 11.9. The highest BCUT2D eigenvalue weighted by atomic mass is 31.0. The second-order valence-corrected chi connectivity index (χ2v) is 7.02. The summed E-state index contributed by atoms with van der Waals surface area (Å²) in [6.45, 7) is 19.3. The number of nitrogens with zero attached hydrogens (tertiary/aromatic N) is 2. The molecule has 1 heterocycles. The standard InChI is InChI=1S/C22H35N2P/c1-7-9-21(8-2)18(3)10-11-22(12-17-25)19(4)20(5)24-15-13-23(6)14-16-24/h7-12,19H,3,5,13-17,25H2,1-2,4,6H3/b9-7-,11-10-,21-8+,22-12+. The van der Waals surface area contributed by atoms with E-state index in [1.807, 2.05) is 19.9 Å². The lowest BCUT2D eigenvalue weighted by atomic mass is 9.94. The van der Waals surface area contributed by atoms with E-state index in [2.05, 4.69) is 76.5 Å². The van der Waals surface area contributed by atoms with E-state index in [9.17, 15) is 0 Å². The van der Waals surface area contributed by atoms with E-state index < -0.39 is 0 Å². The molecule has 0 amide bonds. The van der Waals surface area contributed by atoms with Gasteiger partial charge in [0.2, 0.25) is 0 Å². The van der Waals surface area contributed by atoms with Crippen LogP contribution in [0.5, 0.6) is 0 Å². The third kappa shape index (κ3) is 6.80. The largest absolute Gasteiger partial charge is 0.372 e. The van der Waals surface area contributed by atoms with Crippen LogP contribution in [0.3, 0.4) is 0 Å². The predicted molar refractivity (Wildman–Crippen MR) is 117 cm³/mol. The summed E-state index contributed by atoms with van der Waals surface area (Å²) in [5.41, 5.74) is 4.71. The van der Waals surface area contributed by atoms with Gasteiger partial charge in [0.25, 0.3) is 0 Å². The molecule has 138 valence electrons. The minimum atomic E-state index is 0.309. The predicted octanol–water partition coefficient (Wildman–Crippen LogP) is 4.82. The molecule has 0 spiro atoms. The molecule has 0 aromatic heterocycles. The van der Waals surface area contributed by atoms with Crippen molar-refractivity contribution in [2.75, 3.05) is 39.4 Å². The zero-order valence-electron chi connectivity index (χ0n) is 16.5. The molecular weight excluding hydrogens is 323 g/mol. The molecule has 2 atom stereocenters. The number of likely N-dealkylation sites (N-methyl/N-ethyl adjacent to an activating group) is 1. The van der Waals surface area contributed by atoms with Crippen LogP contribution in [0.4, 0.5) is 0 Å². The number of hydrogen-bond acceptors (Lipinski definition) is 2. The Kier molecular flexibility index (Phi) is 9.78. The average molecular weight is 359 g/mol. The number of piperazine rings is 1. The van der Waals surface area contributed by atoms with Gasteiger partial charge in [0.05, 0.1) is 0 Å². The highest BCUT2D eigenvalue weighted by molar-refractivity contribution is 7.16. The summed E-state index contributed by atoms with van der Waals surface area (Å²) in [5, 5.41) is 0. The smallest absolute Gasteiger partial charge is 0.0303 e. The number of rotatable bonds is 8. The monoisotopic (exact) mass is 358 g/mol. The van der Waals surface area contributed by atoms with Crippen LogP contribution >= 0.6 is 9.24 Å². The SMILES string of the molecule is C=C(/C=C\C(=C/CP)C(C)C(=C)N1CCN(C)CC1)C(/C=C\C)=C/C. The van der Waals surface area contributed by atoms with Gasteiger partial charge >= 0.3 is 0 Å². The minimum Gasteiger partial charge on any atom is -0.372 e. The van der Waals surface area contributed by atoms with E-state index in [-0.39, 0.29) is 0 Å². The van der Waals surface area contributed by atoms with Gasteiger partial charge in [0.15, 0.2) is 0 Å². The quantitative estimate of drug-likeness (QED) is 0.453. The Morgan fingerprint density at radius 3 is 2.24 bits per heavy atom. The molecule has 0 aliphatic carbocycles. The molecule has 2 nitrogen and oxygen atoms in total. The molecule has 0 saturated carbocycles. The first kappa shape index (κ1) is 21.7. The van der Waals surface area contributed by atoms with Crippen LogP contribution in [0, 0.1) is 5.92 Å². The molecule has 1 rings (SSSR count). The molecule has 1 saturated heterocycles. The zero-order valence-corrected chi connectivity index (χ0v) is 17.6. The maximum Gasteiger partial charge on any atom is 0.0303 e. The lowest BCUT2D eigenvalue weighted by Gasteiger charge is -2.37. The van der Waals surface area contributed by atoms with Crippen molar-refractivity contribution in [3.63, 3.8) is 0 Å². The lowest BCUT2D eigenvalue weighted by molar-refractivity contribution is 0.178. The number of hydrogen-bond donors (Lipinski definition) is 0. The summed E-state index contributed by atoms with van der Waals surface area (Å²) >= 11 is 0. The van der Waals surface area contributed by atoms with Gasteiger partial charge in [-0.1, -0.05) is 56.5 Å². The van der Waals surface area contributed by atoms with Crippen LogP contribution in [-0.4, -0.2) is 49.2 Å². The molecule has 25 heavy (non-hydrogen) atoms. The van der Waals surface area contributed by atoms with E-state index >= 15 is 0 Å². The summed E-state index contributed by atoms with van der Waals surface area (Å²) in [6, 6.07) is 0. The molecule has 1 aliphatic rings. The Labute approximate surface area is 157 Å². The van der Waals surface area contributed by atoms with E-state index in [1.165, 1.54) is 11.3 Å². The molecule has 0 aromatic carbocycles. The molecule has 0 aromatic rings. The van der Waals surface area contributed by atoms with Crippen LogP contribution in [0.1, 0.15) is 20.8 Å². The zero-order chi connectivity index (χ0) is 18.8. The molecule has 3 heteroatoms. The van der Waals surface area contributed by atoms with Crippen molar-refractivity contribution in [2.24, 2.45) is 5.92 Å². The Morgan fingerprint density at radius 1 is 1.08 bits per heavy atom. The molecule has 2 unspecified atom stereocenters. The highest BCUT2D eigenvalue weighted by Crippen LogP contribution is 2.25. The van der Waals surface area contributed by atoms with Crippen molar-refractivity contribution >= 4 is 9.24 Å². The first-order valence-electron chi connectivity index (χ1n) is 9.13. The summed E-state index contributed by atoms with van der Waals surface area (Å²) in [6.07, 6.45) is 13.8. The van der Waals surface area contributed by atoms with Gasteiger partial charge in [0, 0.05) is 37.8 Å². The maximum absolute atomic E-state index is 4.40. The molecule has 0 N–H and O–H groups in total. The topological polar surface area (TPSA) is 6.48 Å². The first-order valence-corrected chi connectivity index (χ1v) is 9.95. The molecule has 0 bridgehead atoms. The van der Waals surface area contributed by atoms with Crippen LogP contribution in [-0.2, 0) is 0 Å². The van der Waals surface area contributed by atoms with Gasteiger partial charge in [-0.15, -0.1) is 9.24 Å². The third-order valence-electron chi connectivity index (χ3n) is 4.77. The van der Waals surface area contributed by atoms with Crippen LogP contribution in [0.2, 0.25) is 0 Å². The Balaban J connectivity index is 2.85. The van der Waals surface area contributed by atoms with Crippen LogP contribution in [0.25, 0.3) is 0 Å². The van der Waals surface area contributed by atoms with E-state index in [0.717, 1.165) is 43.5 Å². The van der Waals surface area contributed by atoms with Crippen molar-refractivity contribution in [1.29, 1.82) is 0 Å². The van der Waals surface area contributed by atoms with Crippen LogP contribution in [0.15, 0.2) is 72.0 Å². The van der Waals surface area contributed by atoms with Crippen molar-refractivity contribution in [3.8, 4) is 0 Å². The fourth-order valence-electron chi connectivity index (χ4n) is 2.95. The summed E-state index contributed by atoms with van der Waals surface area (Å²) < 4.78 is 0. The van der Waals surface area contributed by atoms with Gasteiger partial charge in [0.1, 0.15) is 0 Å². The maximum atomic E-state index is 4.40. The Hall–Kier alpha value is -1.37. The Morgan fingerprint density at radius 2 is 1.72 bits per heavy atom. The summed E-state index contributed by atoms with van der Waals surface area (Å²) in [4.78, 5) is 4.80. The molecular formula is C22H35N2P. The van der Waals surface area contributed by atoms with E-state index in [0.29, 0.717) is 5.92 Å². The van der Waals surface area contributed by atoms with Crippen LogP contribution < -0.4 is 0 Å². The van der Waals surface area contributed by atoms with E-state index in [4.69, 9.17) is 0 Å². The summed E-state index contributed by atoms with van der Waals surface area (Å²) in [5.74, 6) is 0.309. The van der Waals surface area contributed by atoms with Gasteiger partial charge in [-0.25, -0.2) is 0 Å². The fourth-order valence-corrected chi connectivity index (χ4v) is 3.22. The fraction of sp³-hybridized carbons (Fsp3) is 0.455.